The summed E-state index contributed by atoms with van der Waals surface area (Å²) >= 11 is 0. The summed E-state index contributed by atoms with van der Waals surface area (Å²) < 4.78 is 0. The number of para-hydroxylation sites is 1. The molecule has 1 aliphatic heterocycles. The van der Waals surface area contributed by atoms with E-state index in [1.807, 2.05) is 0 Å². The zero-order chi connectivity index (χ0) is 6.81. The molecule has 0 amide bonds. The second-order valence-corrected chi connectivity index (χ2v) is 2.69. The highest BCUT2D eigenvalue weighted by Gasteiger charge is 2.04. The van der Waals surface area contributed by atoms with Gasteiger partial charge >= 0.3 is 0 Å². The maximum Gasteiger partial charge on any atom is 0.0372 e. The first-order chi connectivity index (χ1) is 4.97. The van der Waals surface area contributed by atoms with Crippen molar-refractivity contribution in [2.45, 2.75) is 12.8 Å². The number of hydrogen-bond acceptors (Lipinski definition) is 1. The van der Waals surface area contributed by atoms with Gasteiger partial charge in [-0.15, -0.1) is 0 Å². The molecular formula is C9H13NO. The minimum Gasteiger partial charge on any atom is -0.412 e. The molecule has 0 saturated heterocycles. The minimum absolute atomic E-state index is 0. The van der Waals surface area contributed by atoms with Gasteiger partial charge in [-0.3, -0.25) is 0 Å². The average Bonchev–Trinajstić information content (AvgIpc) is 2.05. The molecule has 0 aliphatic carbocycles. The summed E-state index contributed by atoms with van der Waals surface area (Å²) in [6.07, 6.45) is 2.51. The lowest BCUT2D eigenvalue weighted by atomic mass is 10.0. The Morgan fingerprint density at radius 3 is 2.82 bits per heavy atom. The first-order valence-corrected chi connectivity index (χ1v) is 3.78. The number of anilines is 1. The summed E-state index contributed by atoms with van der Waals surface area (Å²) in [5, 5.41) is 3.36. The number of benzene rings is 1. The maximum absolute atomic E-state index is 3.36. The Labute approximate surface area is 66.6 Å². The van der Waals surface area contributed by atoms with Crippen molar-refractivity contribution in [1.82, 2.24) is 0 Å². The van der Waals surface area contributed by atoms with Crippen LogP contribution >= 0.6 is 0 Å². The fourth-order valence-electron chi connectivity index (χ4n) is 1.41. The topological polar surface area (TPSA) is 43.5 Å². The van der Waals surface area contributed by atoms with E-state index >= 15 is 0 Å². The van der Waals surface area contributed by atoms with Gasteiger partial charge in [-0.05, 0) is 24.5 Å². The van der Waals surface area contributed by atoms with Crippen LogP contribution in [0.4, 0.5) is 5.69 Å². The van der Waals surface area contributed by atoms with Gasteiger partial charge in [0.2, 0.25) is 0 Å². The zero-order valence-corrected chi connectivity index (χ0v) is 6.43. The molecule has 0 radical (unpaired) electrons. The third kappa shape index (κ3) is 1.52. The van der Waals surface area contributed by atoms with E-state index in [2.05, 4.69) is 29.6 Å². The van der Waals surface area contributed by atoms with Gasteiger partial charge in [0.25, 0.3) is 0 Å². The van der Waals surface area contributed by atoms with Gasteiger partial charge in [0.05, 0.1) is 0 Å². The third-order valence-corrected chi connectivity index (χ3v) is 1.96. The largest absolute Gasteiger partial charge is 0.412 e. The van der Waals surface area contributed by atoms with Crippen molar-refractivity contribution in [2.24, 2.45) is 0 Å². The van der Waals surface area contributed by atoms with Crippen LogP contribution in [0.5, 0.6) is 0 Å². The predicted octanol–water partition coefficient (Wildman–Crippen LogP) is 1.22. The van der Waals surface area contributed by atoms with Crippen LogP contribution in [-0.2, 0) is 6.42 Å². The van der Waals surface area contributed by atoms with E-state index in [0.29, 0.717) is 0 Å². The molecule has 60 valence electrons. The van der Waals surface area contributed by atoms with Crippen molar-refractivity contribution < 1.29 is 5.48 Å². The molecule has 2 rings (SSSR count). The molecule has 2 heteroatoms. The van der Waals surface area contributed by atoms with Crippen molar-refractivity contribution >= 4 is 5.69 Å². The van der Waals surface area contributed by atoms with Crippen molar-refractivity contribution in [3.05, 3.63) is 29.8 Å². The molecule has 3 N–H and O–H groups in total. The molecular weight excluding hydrogens is 138 g/mol. The van der Waals surface area contributed by atoms with Crippen molar-refractivity contribution in [1.29, 1.82) is 0 Å². The number of fused-ring (bicyclic) bond motifs is 1. The van der Waals surface area contributed by atoms with Gasteiger partial charge in [-0.1, -0.05) is 18.2 Å². The van der Waals surface area contributed by atoms with E-state index in [1.165, 1.54) is 24.1 Å². The van der Waals surface area contributed by atoms with Crippen molar-refractivity contribution in [3.63, 3.8) is 0 Å². The molecule has 2 nitrogen and oxygen atoms in total. The molecule has 0 spiro atoms. The average molecular weight is 151 g/mol. The zero-order valence-electron chi connectivity index (χ0n) is 6.43. The first kappa shape index (κ1) is 8.08. The molecule has 0 fully saturated rings. The smallest absolute Gasteiger partial charge is 0.0372 e. The summed E-state index contributed by atoms with van der Waals surface area (Å²) in [6, 6.07) is 8.53. The van der Waals surface area contributed by atoms with Gasteiger partial charge in [0.1, 0.15) is 0 Å². The fraction of sp³-hybridized carbons (Fsp3) is 0.333. The quantitative estimate of drug-likeness (QED) is 0.595. The highest BCUT2D eigenvalue weighted by molar-refractivity contribution is 5.52. The Bertz CT molecular complexity index is 210. The Morgan fingerprint density at radius 2 is 2.00 bits per heavy atom. The Morgan fingerprint density at radius 1 is 1.18 bits per heavy atom. The molecule has 1 aromatic rings. The molecule has 11 heavy (non-hydrogen) atoms. The summed E-state index contributed by atoms with van der Waals surface area (Å²) in [5.41, 5.74) is 2.79. The number of aryl methyl sites for hydroxylation is 1. The van der Waals surface area contributed by atoms with Crippen molar-refractivity contribution in [2.75, 3.05) is 11.9 Å². The fourth-order valence-corrected chi connectivity index (χ4v) is 1.41. The van der Waals surface area contributed by atoms with Crippen LogP contribution in [0.2, 0.25) is 0 Å². The second-order valence-electron chi connectivity index (χ2n) is 2.69. The Kier molecular flexibility index (Phi) is 2.49. The van der Waals surface area contributed by atoms with Crippen LogP contribution in [-0.4, -0.2) is 12.0 Å². The molecule has 1 aliphatic rings. The van der Waals surface area contributed by atoms with E-state index in [1.54, 1.807) is 0 Å². The summed E-state index contributed by atoms with van der Waals surface area (Å²) in [6.45, 7) is 1.14. The molecule has 0 atom stereocenters. The number of rotatable bonds is 0. The standard InChI is InChI=1S/C9H11N.H2O/c1-2-6-9-8(4-1)5-3-7-10-9;/h1-2,4,6,10H,3,5,7H2;1H2. The van der Waals surface area contributed by atoms with E-state index in [0.717, 1.165) is 6.54 Å². The van der Waals surface area contributed by atoms with Crippen LogP contribution in [0.1, 0.15) is 12.0 Å². The highest BCUT2D eigenvalue weighted by Crippen LogP contribution is 2.19. The lowest BCUT2D eigenvalue weighted by Gasteiger charge is -2.16. The van der Waals surface area contributed by atoms with Crippen LogP contribution < -0.4 is 5.32 Å². The third-order valence-electron chi connectivity index (χ3n) is 1.96. The van der Waals surface area contributed by atoms with Gasteiger partial charge in [0.15, 0.2) is 0 Å². The summed E-state index contributed by atoms with van der Waals surface area (Å²) in [7, 11) is 0. The van der Waals surface area contributed by atoms with E-state index in [4.69, 9.17) is 0 Å². The Balaban J connectivity index is 0.000000605. The highest BCUT2D eigenvalue weighted by atomic mass is 16.0. The molecule has 0 unspecified atom stereocenters. The molecule has 0 aromatic heterocycles. The maximum atomic E-state index is 3.36. The lowest BCUT2D eigenvalue weighted by Crippen LogP contribution is -2.10. The van der Waals surface area contributed by atoms with Crippen molar-refractivity contribution in [3.8, 4) is 0 Å². The van der Waals surface area contributed by atoms with E-state index in [-0.39, 0.29) is 5.48 Å². The molecule has 1 heterocycles. The second kappa shape index (κ2) is 3.39. The van der Waals surface area contributed by atoms with E-state index in [9.17, 15) is 0 Å². The number of hydrogen-bond donors (Lipinski definition) is 1. The first-order valence-electron chi connectivity index (χ1n) is 3.78. The van der Waals surface area contributed by atoms with Gasteiger partial charge in [0, 0.05) is 12.2 Å². The Hall–Kier alpha value is -1.02. The summed E-state index contributed by atoms with van der Waals surface area (Å²) in [5.74, 6) is 0. The van der Waals surface area contributed by atoms with Gasteiger partial charge < -0.3 is 10.8 Å². The van der Waals surface area contributed by atoms with Crippen LogP contribution in [0, 0.1) is 0 Å². The molecule has 0 bridgehead atoms. The van der Waals surface area contributed by atoms with Gasteiger partial charge in [-0.25, -0.2) is 0 Å². The predicted molar refractivity (Wildman–Crippen MR) is 46.9 cm³/mol. The number of nitrogens with one attached hydrogen (secondary N) is 1. The normalized spacial score (nSPS) is 14.2. The van der Waals surface area contributed by atoms with Crippen LogP contribution in [0.25, 0.3) is 0 Å². The SMILES string of the molecule is O.c1ccc2c(c1)CCCN2. The minimum atomic E-state index is 0. The van der Waals surface area contributed by atoms with E-state index < -0.39 is 0 Å². The van der Waals surface area contributed by atoms with Crippen LogP contribution in [0.15, 0.2) is 24.3 Å². The van der Waals surface area contributed by atoms with Crippen LogP contribution in [0.3, 0.4) is 0 Å². The molecule has 0 saturated carbocycles. The monoisotopic (exact) mass is 151 g/mol. The summed E-state index contributed by atoms with van der Waals surface area (Å²) in [4.78, 5) is 0. The van der Waals surface area contributed by atoms with Gasteiger partial charge in [-0.2, -0.15) is 0 Å². The molecule has 1 aromatic carbocycles. The lowest BCUT2D eigenvalue weighted by molar-refractivity contribution is 0.824.